The standard InChI is InChI=1S/C22H28O3S2/c1-11(2)14-13-10-12(3)17(22(4,5)6)18(23)15(13)16(20(25)19(14)24)21-26-8-7-9-27-21/h10-11,23-24H,7-9H2,1-6H3. The van der Waals surface area contributed by atoms with E-state index in [9.17, 15) is 15.0 Å². The van der Waals surface area contributed by atoms with Crippen LogP contribution in [0.4, 0.5) is 0 Å². The van der Waals surface area contributed by atoms with Gasteiger partial charge in [-0.2, -0.15) is 0 Å². The third-order valence-corrected chi connectivity index (χ3v) is 7.65. The number of aliphatic hydroxyl groups is 1. The summed E-state index contributed by atoms with van der Waals surface area (Å²) in [5.74, 6) is 1.54. The van der Waals surface area contributed by atoms with E-state index in [4.69, 9.17) is 0 Å². The maximum absolute atomic E-state index is 13.2. The highest BCUT2D eigenvalue weighted by molar-refractivity contribution is 8.23. The Morgan fingerprint density at radius 1 is 1.11 bits per heavy atom. The number of aliphatic hydroxyl groups excluding tert-OH is 1. The molecule has 0 radical (unpaired) electrons. The van der Waals surface area contributed by atoms with Crippen molar-refractivity contribution in [2.24, 2.45) is 5.92 Å². The first-order chi connectivity index (χ1) is 12.6. The lowest BCUT2D eigenvalue weighted by atomic mass is 9.75. The molecule has 1 fully saturated rings. The molecule has 1 aliphatic carbocycles. The SMILES string of the molecule is Cc1cc2c(c(O)c1C(C)(C)C)C(=C1SCCCS1)C(=O)C(O)=C2C(C)C. The Hall–Kier alpha value is -1.33. The molecule has 0 saturated carbocycles. The van der Waals surface area contributed by atoms with Crippen LogP contribution in [0.15, 0.2) is 16.1 Å². The van der Waals surface area contributed by atoms with Crippen molar-refractivity contribution in [3.05, 3.63) is 38.3 Å². The van der Waals surface area contributed by atoms with Crippen LogP contribution in [0.25, 0.3) is 11.1 Å². The second kappa shape index (κ2) is 7.25. The van der Waals surface area contributed by atoms with E-state index in [1.165, 1.54) is 0 Å². The van der Waals surface area contributed by atoms with E-state index in [0.29, 0.717) is 16.7 Å². The number of aryl methyl sites for hydroxylation is 1. The summed E-state index contributed by atoms with van der Waals surface area (Å²) in [6.07, 6.45) is 1.10. The van der Waals surface area contributed by atoms with Gasteiger partial charge in [-0.1, -0.05) is 40.7 Å². The maximum Gasteiger partial charge on any atom is 0.230 e. The van der Waals surface area contributed by atoms with Crippen molar-refractivity contribution in [2.45, 2.75) is 53.4 Å². The van der Waals surface area contributed by atoms with E-state index in [2.05, 4.69) is 20.8 Å². The molecule has 2 aliphatic rings. The van der Waals surface area contributed by atoms with Gasteiger partial charge < -0.3 is 10.2 Å². The number of hydrogen-bond donors (Lipinski definition) is 2. The number of aromatic hydroxyl groups is 1. The van der Waals surface area contributed by atoms with Crippen LogP contribution in [0.3, 0.4) is 0 Å². The fraction of sp³-hybridized carbons (Fsp3) is 0.500. The number of ketones is 1. The third-order valence-electron chi connectivity index (χ3n) is 5.02. The van der Waals surface area contributed by atoms with Crippen LogP contribution in [0.5, 0.6) is 5.75 Å². The van der Waals surface area contributed by atoms with Crippen LogP contribution in [0.2, 0.25) is 0 Å². The number of thioether (sulfide) groups is 2. The van der Waals surface area contributed by atoms with Crippen LogP contribution in [-0.2, 0) is 10.2 Å². The van der Waals surface area contributed by atoms with Gasteiger partial charge in [-0.25, -0.2) is 0 Å². The van der Waals surface area contributed by atoms with Crippen molar-refractivity contribution in [1.82, 2.24) is 0 Å². The summed E-state index contributed by atoms with van der Waals surface area (Å²) < 4.78 is 0.917. The lowest BCUT2D eigenvalue weighted by molar-refractivity contribution is -0.112. The van der Waals surface area contributed by atoms with Gasteiger partial charge in [-0.3, -0.25) is 4.79 Å². The normalized spacial score (nSPS) is 18.4. The number of fused-ring (bicyclic) bond motifs is 1. The van der Waals surface area contributed by atoms with E-state index >= 15 is 0 Å². The van der Waals surface area contributed by atoms with Gasteiger partial charge in [0.25, 0.3) is 0 Å². The molecule has 146 valence electrons. The zero-order valence-corrected chi connectivity index (χ0v) is 18.5. The Kier molecular flexibility index (Phi) is 5.48. The molecule has 1 aromatic rings. The Morgan fingerprint density at radius 3 is 2.22 bits per heavy atom. The highest BCUT2D eigenvalue weighted by atomic mass is 32.2. The fourth-order valence-corrected chi connectivity index (χ4v) is 6.69. The molecule has 0 spiro atoms. The molecule has 3 nitrogen and oxygen atoms in total. The number of allylic oxidation sites excluding steroid dienone is 2. The zero-order chi connectivity index (χ0) is 20.1. The average Bonchev–Trinajstić information content (AvgIpc) is 2.56. The Labute approximate surface area is 170 Å². The van der Waals surface area contributed by atoms with Gasteiger partial charge in [-0.15, -0.1) is 23.5 Å². The number of rotatable bonds is 1. The summed E-state index contributed by atoms with van der Waals surface area (Å²) in [5.41, 5.74) is 4.09. The van der Waals surface area contributed by atoms with Gasteiger partial charge in [0.15, 0.2) is 5.76 Å². The van der Waals surface area contributed by atoms with Gasteiger partial charge in [0, 0.05) is 16.7 Å². The van der Waals surface area contributed by atoms with Crippen molar-refractivity contribution in [3.8, 4) is 5.75 Å². The Morgan fingerprint density at radius 2 is 1.70 bits per heavy atom. The van der Waals surface area contributed by atoms with Crippen molar-refractivity contribution >= 4 is 40.5 Å². The maximum atomic E-state index is 13.2. The van der Waals surface area contributed by atoms with Crippen LogP contribution in [0.1, 0.15) is 63.3 Å². The number of phenolic OH excluding ortho intramolecular Hbond substituents is 1. The van der Waals surface area contributed by atoms with Crippen molar-refractivity contribution < 1.29 is 15.0 Å². The smallest absolute Gasteiger partial charge is 0.230 e. The number of Topliss-reactive ketones (excluding diaryl/α,β-unsaturated/α-hetero) is 1. The molecule has 1 saturated heterocycles. The highest BCUT2D eigenvalue weighted by Crippen LogP contribution is 2.52. The molecule has 5 heteroatoms. The largest absolute Gasteiger partial charge is 0.507 e. The topological polar surface area (TPSA) is 57.5 Å². The summed E-state index contributed by atoms with van der Waals surface area (Å²) in [6.45, 7) is 12.1. The van der Waals surface area contributed by atoms with Crippen LogP contribution < -0.4 is 0 Å². The molecule has 0 unspecified atom stereocenters. The third kappa shape index (κ3) is 3.44. The molecule has 3 rings (SSSR count). The lowest BCUT2D eigenvalue weighted by Crippen LogP contribution is -2.22. The second-order valence-corrected chi connectivity index (χ2v) is 11.0. The Bertz CT molecular complexity index is 863. The molecule has 1 heterocycles. The second-order valence-electron chi connectivity index (χ2n) is 8.55. The number of carbonyl (C=O) groups is 1. The average molecular weight is 405 g/mol. The minimum atomic E-state index is -0.359. The number of benzene rings is 1. The molecule has 1 aliphatic heterocycles. The molecule has 2 N–H and O–H groups in total. The predicted molar refractivity (Wildman–Crippen MR) is 117 cm³/mol. The molecule has 0 aromatic heterocycles. The first kappa shape index (κ1) is 20.4. The molecule has 0 bridgehead atoms. The van der Waals surface area contributed by atoms with E-state index in [1.807, 2.05) is 26.8 Å². The summed E-state index contributed by atoms with van der Waals surface area (Å²) in [6, 6.07) is 2.03. The van der Waals surface area contributed by atoms with E-state index < -0.39 is 0 Å². The first-order valence-corrected chi connectivity index (χ1v) is 11.4. The quantitative estimate of drug-likeness (QED) is 0.558. The van der Waals surface area contributed by atoms with Crippen molar-refractivity contribution in [1.29, 1.82) is 0 Å². The minimum absolute atomic E-state index is 0.0230. The zero-order valence-electron chi connectivity index (χ0n) is 16.9. The van der Waals surface area contributed by atoms with E-state index in [0.717, 1.165) is 38.9 Å². The van der Waals surface area contributed by atoms with Gasteiger partial charge >= 0.3 is 0 Å². The fourth-order valence-electron chi connectivity index (χ4n) is 4.05. The van der Waals surface area contributed by atoms with E-state index in [-0.39, 0.29) is 28.6 Å². The van der Waals surface area contributed by atoms with Crippen LogP contribution >= 0.6 is 23.5 Å². The number of hydrogen-bond acceptors (Lipinski definition) is 5. The summed E-state index contributed by atoms with van der Waals surface area (Å²) >= 11 is 3.30. The van der Waals surface area contributed by atoms with Crippen LogP contribution in [-0.4, -0.2) is 27.5 Å². The van der Waals surface area contributed by atoms with Crippen molar-refractivity contribution in [2.75, 3.05) is 11.5 Å². The molecular formula is C22H28O3S2. The highest BCUT2D eigenvalue weighted by Gasteiger charge is 2.38. The molecule has 0 amide bonds. The Balaban J connectivity index is 2.44. The summed E-state index contributed by atoms with van der Waals surface area (Å²) in [7, 11) is 0. The molecule has 27 heavy (non-hydrogen) atoms. The van der Waals surface area contributed by atoms with E-state index in [1.54, 1.807) is 23.5 Å². The summed E-state index contributed by atoms with van der Waals surface area (Å²) in [4.78, 5) is 13.2. The van der Waals surface area contributed by atoms with Crippen LogP contribution in [0, 0.1) is 12.8 Å². The van der Waals surface area contributed by atoms with Gasteiger partial charge in [0.1, 0.15) is 5.75 Å². The number of phenols is 1. The molecule has 1 aromatic carbocycles. The van der Waals surface area contributed by atoms with Gasteiger partial charge in [0.2, 0.25) is 5.78 Å². The monoisotopic (exact) mass is 404 g/mol. The van der Waals surface area contributed by atoms with Crippen molar-refractivity contribution in [3.63, 3.8) is 0 Å². The number of carbonyl (C=O) groups excluding carboxylic acids is 1. The molecular weight excluding hydrogens is 376 g/mol. The predicted octanol–water partition coefficient (Wildman–Crippen LogP) is 6.04. The van der Waals surface area contributed by atoms with Gasteiger partial charge in [0.05, 0.1) is 9.81 Å². The first-order valence-electron chi connectivity index (χ1n) is 9.41. The van der Waals surface area contributed by atoms with Gasteiger partial charge in [-0.05, 0) is 47.3 Å². The summed E-state index contributed by atoms with van der Waals surface area (Å²) in [5, 5.41) is 22.1. The minimum Gasteiger partial charge on any atom is -0.507 e. The molecule has 0 atom stereocenters. The lowest BCUT2D eigenvalue weighted by Gasteiger charge is -2.31.